The van der Waals surface area contributed by atoms with Gasteiger partial charge in [-0.2, -0.15) is 0 Å². The molecule has 1 aliphatic carbocycles. The summed E-state index contributed by atoms with van der Waals surface area (Å²) in [5.74, 6) is -0.390. The minimum Gasteiger partial charge on any atom is -0.322 e. The minimum atomic E-state index is -4.25. The van der Waals surface area contributed by atoms with E-state index in [0.717, 1.165) is 23.6 Å². The van der Waals surface area contributed by atoms with Crippen molar-refractivity contribution in [3.05, 3.63) is 42.5 Å². The number of fused-ring (bicyclic) bond motifs is 1. The summed E-state index contributed by atoms with van der Waals surface area (Å²) in [7, 11) is -4.25. The van der Waals surface area contributed by atoms with Crippen molar-refractivity contribution in [1.82, 2.24) is 9.62 Å². The Balaban J connectivity index is 1.75. The molecule has 1 saturated heterocycles. The number of carbonyl (C=O) groups excluding carboxylic acids is 2. The highest BCUT2D eigenvalue weighted by Crippen LogP contribution is 2.38. The van der Waals surface area contributed by atoms with Gasteiger partial charge in [0.05, 0.1) is 4.90 Å². The lowest BCUT2D eigenvalue weighted by Gasteiger charge is -2.34. The molecule has 7 heteroatoms. The molecule has 1 aliphatic heterocycles. The van der Waals surface area contributed by atoms with Crippen molar-refractivity contribution < 1.29 is 18.0 Å². The number of hydrogen-bond acceptors (Lipinski definition) is 4. The van der Waals surface area contributed by atoms with Crippen molar-refractivity contribution in [3.8, 4) is 0 Å². The molecule has 6 nitrogen and oxygen atoms in total. The summed E-state index contributed by atoms with van der Waals surface area (Å²) in [5.41, 5.74) is -1.08. The van der Waals surface area contributed by atoms with Gasteiger partial charge in [0.1, 0.15) is 5.54 Å². The minimum absolute atomic E-state index is 0.0550. The SMILES string of the molecule is CC1CCCC2(C1)NC(=O)N(S(=O)(=O)c1ccc3ccccc3c1)C2=O. The Hall–Kier alpha value is -2.41. The van der Waals surface area contributed by atoms with Crippen LogP contribution in [0.15, 0.2) is 47.4 Å². The van der Waals surface area contributed by atoms with Crippen LogP contribution in [0.1, 0.15) is 32.6 Å². The molecule has 2 aromatic carbocycles. The molecule has 0 aromatic heterocycles. The first kappa shape index (κ1) is 17.0. The zero-order chi connectivity index (χ0) is 18.5. The van der Waals surface area contributed by atoms with Crippen LogP contribution in [0, 0.1) is 5.92 Å². The van der Waals surface area contributed by atoms with Gasteiger partial charge in [0, 0.05) is 0 Å². The van der Waals surface area contributed by atoms with E-state index in [2.05, 4.69) is 5.32 Å². The first-order valence-electron chi connectivity index (χ1n) is 8.74. The van der Waals surface area contributed by atoms with Gasteiger partial charge in [0.2, 0.25) is 0 Å². The van der Waals surface area contributed by atoms with E-state index in [1.807, 2.05) is 25.1 Å². The fourth-order valence-corrected chi connectivity index (χ4v) is 5.49. The molecule has 2 fully saturated rings. The fourth-order valence-electron chi connectivity index (χ4n) is 4.11. The fraction of sp³-hybridized carbons (Fsp3) is 0.368. The number of imide groups is 1. The molecule has 136 valence electrons. The number of sulfonamides is 1. The van der Waals surface area contributed by atoms with E-state index < -0.39 is 27.5 Å². The Kier molecular flexibility index (Phi) is 3.80. The van der Waals surface area contributed by atoms with Crippen LogP contribution in [0.4, 0.5) is 4.79 Å². The second kappa shape index (κ2) is 5.81. The van der Waals surface area contributed by atoms with Crippen molar-refractivity contribution in [1.29, 1.82) is 0 Å². The van der Waals surface area contributed by atoms with Crippen molar-refractivity contribution in [2.45, 2.75) is 43.0 Å². The smallest absolute Gasteiger partial charge is 0.322 e. The molecule has 0 radical (unpaired) electrons. The lowest BCUT2D eigenvalue weighted by molar-refractivity contribution is -0.129. The molecule has 2 atom stereocenters. The standard InChI is InChI=1S/C19H20N2O4S/c1-13-5-4-10-19(12-13)17(22)21(18(23)20-19)26(24,25)16-9-8-14-6-2-3-7-15(14)11-16/h2-3,6-9,11,13H,4-5,10,12H2,1H3,(H,20,23). The van der Waals surface area contributed by atoms with Crippen molar-refractivity contribution in [2.75, 3.05) is 0 Å². The topological polar surface area (TPSA) is 83.6 Å². The molecule has 2 aliphatic rings. The average Bonchev–Trinajstić information content (AvgIpc) is 2.84. The summed E-state index contributed by atoms with van der Waals surface area (Å²) in [4.78, 5) is 25.4. The van der Waals surface area contributed by atoms with E-state index in [-0.39, 0.29) is 10.8 Å². The Bertz CT molecular complexity index is 1020. The van der Waals surface area contributed by atoms with Crippen LogP contribution < -0.4 is 5.32 Å². The Morgan fingerprint density at radius 3 is 2.58 bits per heavy atom. The monoisotopic (exact) mass is 372 g/mol. The molecule has 3 amide bonds. The molecule has 2 unspecified atom stereocenters. The van der Waals surface area contributed by atoms with Crippen LogP contribution >= 0.6 is 0 Å². The van der Waals surface area contributed by atoms with E-state index in [4.69, 9.17) is 0 Å². The number of hydrogen-bond donors (Lipinski definition) is 1. The number of rotatable bonds is 2. The maximum Gasteiger partial charge on any atom is 0.339 e. The molecule has 1 saturated carbocycles. The third-order valence-electron chi connectivity index (χ3n) is 5.38. The molecular formula is C19H20N2O4S. The van der Waals surface area contributed by atoms with Crippen LogP contribution in [0.3, 0.4) is 0 Å². The van der Waals surface area contributed by atoms with Crippen LogP contribution in [-0.4, -0.2) is 30.2 Å². The van der Waals surface area contributed by atoms with Crippen LogP contribution in [0.2, 0.25) is 0 Å². The summed E-state index contributed by atoms with van der Waals surface area (Å²) in [6.07, 6.45) is 2.71. The molecule has 1 N–H and O–H groups in total. The summed E-state index contributed by atoms with van der Waals surface area (Å²) in [5, 5.41) is 4.30. The predicted octanol–water partition coefficient (Wildman–Crippen LogP) is 3.03. The predicted molar refractivity (Wildman–Crippen MR) is 96.9 cm³/mol. The van der Waals surface area contributed by atoms with Crippen molar-refractivity contribution >= 4 is 32.7 Å². The van der Waals surface area contributed by atoms with E-state index in [1.54, 1.807) is 12.1 Å². The number of carbonyl (C=O) groups is 2. The van der Waals surface area contributed by atoms with Gasteiger partial charge in [-0.05, 0) is 41.7 Å². The third kappa shape index (κ3) is 2.49. The van der Waals surface area contributed by atoms with Crippen LogP contribution in [0.25, 0.3) is 10.8 Å². The number of urea groups is 1. The third-order valence-corrected chi connectivity index (χ3v) is 7.04. The second-order valence-corrected chi connectivity index (χ2v) is 9.08. The van der Waals surface area contributed by atoms with Crippen molar-refractivity contribution in [2.24, 2.45) is 5.92 Å². The summed E-state index contributed by atoms with van der Waals surface area (Å²) >= 11 is 0. The molecule has 26 heavy (non-hydrogen) atoms. The van der Waals surface area contributed by atoms with E-state index >= 15 is 0 Å². The Morgan fingerprint density at radius 1 is 1.12 bits per heavy atom. The van der Waals surface area contributed by atoms with Crippen LogP contribution in [-0.2, 0) is 14.8 Å². The van der Waals surface area contributed by atoms with Gasteiger partial charge < -0.3 is 5.32 Å². The maximum absolute atomic E-state index is 13.1. The molecule has 2 aromatic rings. The number of benzene rings is 2. The molecule has 4 rings (SSSR count). The normalized spacial score (nSPS) is 26.5. The zero-order valence-electron chi connectivity index (χ0n) is 14.4. The molecule has 1 heterocycles. The van der Waals surface area contributed by atoms with Gasteiger partial charge in [-0.15, -0.1) is 4.31 Å². The lowest BCUT2D eigenvalue weighted by Crippen LogP contribution is -2.50. The van der Waals surface area contributed by atoms with Crippen LogP contribution in [0.5, 0.6) is 0 Å². The van der Waals surface area contributed by atoms with Gasteiger partial charge in [0.15, 0.2) is 0 Å². The summed E-state index contributed by atoms with van der Waals surface area (Å²) in [6, 6.07) is 11.1. The van der Waals surface area contributed by atoms with E-state index in [1.165, 1.54) is 12.1 Å². The highest BCUT2D eigenvalue weighted by Gasteiger charge is 2.56. The quantitative estimate of drug-likeness (QED) is 0.822. The summed E-state index contributed by atoms with van der Waals surface area (Å²) in [6.45, 7) is 2.01. The zero-order valence-corrected chi connectivity index (χ0v) is 15.3. The highest BCUT2D eigenvalue weighted by atomic mass is 32.2. The molecule has 1 spiro atoms. The molecular weight excluding hydrogens is 352 g/mol. The number of nitrogens with one attached hydrogen (secondary N) is 1. The Morgan fingerprint density at radius 2 is 1.85 bits per heavy atom. The van der Waals surface area contributed by atoms with Gasteiger partial charge in [-0.1, -0.05) is 50.1 Å². The van der Waals surface area contributed by atoms with Gasteiger partial charge in [-0.3, -0.25) is 4.79 Å². The van der Waals surface area contributed by atoms with E-state index in [9.17, 15) is 18.0 Å². The van der Waals surface area contributed by atoms with Crippen molar-refractivity contribution in [3.63, 3.8) is 0 Å². The highest BCUT2D eigenvalue weighted by molar-refractivity contribution is 7.90. The van der Waals surface area contributed by atoms with E-state index in [0.29, 0.717) is 17.1 Å². The molecule has 0 bridgehead atoms. The lowest BCUT2D eigenvalue weighted by atomic mass is 9.76. The first-order chi connectivity index (χ1) is 12.3. The summed E-state index contributed by atoms with van der Waals surface area (Å²) < 4.78 is 26.5. The Labute approximate surface area is 152 Å². The number of amides is 3. The maximum atomic E-state index is 13.1. The largest absolute Gasteiger partial charge is 0.339 e. The first-order valence-corrected chi connectivity index (χ1v) is 10.2. The second-order valence-electron chi connectivity index (χ2n) is 7.30. The average molecular weight is 372 g/mol. The number of nitrogens with zero attached hydrogens (tertiary/aromatic N) is 1. The van der Waals surface area contributed by atoms with Gasteiger partial charge in [-0.25, -0.2) is 13.2 Å². The van der Waals surface area contributed by atoms with Gasteiger partial charge in [0.25, 0.3) is 15.9 Å². The van der Waals surface area contributed by atoms with Gasteiger partial charge >= 0.3 is 6.03 Å².